The number of rotatable bonds is 1. The first kappa shape index (κ1) is 7.80. The molecule has 3 heteroatoms. The zero-order valence-electron chi connectivity index (χ0n) is 6.24. The maximum atomic E-state index is 10.7. The van der Waals surface area contributed by atoms with E-state index in [1.165, 1.54) is 0 Å². The fraction of sp³-hybridized carbons (Fsp3) is 0.222. The van der Waals surface area contributed by atoms with Crippen molar-refractivity contribution in [2.24, 2.45) is 0 Å². The zero-order chi connectivity index (χ0) is 8.55. The summed E-state index contributed by atoms with van der Waals surface area (Å²) in [5, 5.41) is 0. The topological polar surface area (TPSA) is 26.3 Å². The van der Waals surface area contributed by atoms with Crippen LogP contribution in [-0.2, 0) is 9.53 Å². The molecule has 1 aliphatic rings. The first-order valence-electron chi connectivity index (χ1n) is 3.68. The number of carbonyl (C=O) groups excluding carboxylic acids is 1. The average molecular weight is 227 g/mol. The van der Waals surface area contributed by atoms with E-state index in [1.807, 2.05) is 30.3 Å². The quantitative estimate of drug-likeness (QED) is 0.542. The molecular formula is C9H7BrO2. The molecule has 0 radical (unpaired) electrons. The Morgan fingerprint density at radius 1 is 1.25 bits per heavy atom. The molecule has 2 rings (SSSR count). The van der Waals surface area contributed by atoms with Crippen molar-refractivity contribution in [1.82, 2.24) is 0 Å². The van der Waals surface area contributed by atoms with E-state index in [2.05, 4.69) is 15.9 Å². The van der Waals surface area contributed by atoms with Gasteiger partial charge >= 0.3 is 5.97 Å². The van der Waals surface area contributed by atoms with E-state index < -0.39 is 0 Å². The Bertz CT molecular complexity index is 297. The van der Waals surface area contributed by atoms with Crippen LogP contribution >= 0.6 is 15.9 Å². The second-order valence-corrected chi connectivity index (χ2v) is 3.66. The van der Waals surface area contributed by atoms with E-state index in [9.17, 15) is 4.79 Å². The first-order valence-corrected chi connectivity index (χ1v) is 4.60. The summed E-state index contributed by atoms with van der Waals surface area (Å²) >= 11 is 3.25. The lowest BCUT2D eigenvalue weighted by atomic mass is 10.0. The number of hydrogen-bond acceptors (Lipinski definition) is 2. The Morgan fingerprint density at radius 2 is 1.92 bits per heavy atom. The summed E-state index contributed by atoms with van der Waals surface area (Å²) in [6, 6.07) is 9.70. The third-order valence-electron chi connectivity index (χ3n) is 1.86. The second kappa shape index (κ2) is 2.90. The number of benzene rings is 1. The molecule has 12 heavy (non-hydrogen) atoms. The van der Waals surface area contributed by atoms with E-state index in [0.29, 0.717) is 0 Å². The van der Waals surface area contributed by atoms with Crippen molar-refractivity contribution >= 4 is 21.9 Å². The lowest BCUT2D eigenvalue weighted by Crippen LogP contribution is -2.38. The normalized spacial score (nSPS) is 27.6. The minimum atomic E-state index is -0.177. The van der Waals surface area contributed by atoms with Crippen LogP contribution in [-0.4, -0.2) is 10.8 Å². The highest BCUT2D eigenvalue weighted by Gasteiger charge is 2.41. The second-order valence-electron chi connectivity index (χ2n) is 2.67. The highest BCUT2D eigenvalue weighted by atomic mass is 79.9. The highest BCUT2D eigenvalue weighted by molar-refractivity contribution is 9.10. The maximum Gasteiger partial charge on any atom is 0.324 e. The number of hydrogen-bond donors (Lipinski definition) is 0. The van der Waals surface area contributed by atoms with Crippen LogP contribution in [0.5, 0.6) is 0 Å². The van der Waals surface area contributed by atoms with Gasteiger partial charge in [-0.1, -0.05) is 46.3 Å². The van der Waals surface area contributed by atoms with Crippen LogP contribution in [0.3, 0.4) is 0 Å². The minimum Gasteiger partial charge on any atom is -0.455 e. The van der Waals surface area contributed by atoms with E-state index in [4.69, 9.17) is 4.74 Å². The van der Waals surface area contributed by atoms with Crippen LogP contribution in [0.1, 0.15) is 11.7 Å². The van der Waals surface area contributed by atoms with Gasteiger partial charge in [-0.25, -0.2) is 0 Å². The zero-order valence-corrected chi connectivity index (χ0v) is 7.82. The summed E-state index contributed by atoms with van der Waals surface area (Å²) in [7, 11) is 0. The van der Waals surface area contributed by atoms with Gasteiger partial charge in [-0.2, -0.15) is 0 Å². The van der Waals surface area contributed by atoms with Crippen LogP contribution in [0.15, 0.2) is 30.3 Å². The van der Waals surface area contributed by atoms with E-state index >= 15 is 0 Å². The predicted molar refractivity (Wildman–Crippen MR) is 48.0 cm³/mol. The van der Waals surface area contributed by atoms with Crippen LogP contribution in [0.25, 0.3) is 0 Å². The van der Waals surface area contributed by atoms with Crippen molar-refractivity contribution in [1.29, 1.82) is 0 Å². The number of halogens is 1. The van der Waals surface area contributed by atoms with Gasteiger partial charge in [0.15, 0.2) is 4.83 Å². The van der Waals surface area contributed by atoms with Gasteiger partial charge in [-0.15, -0.1) is 0 Å². The summed E-state index contributed by atoms with van der Waals surface area (Å²) in [5.74, 6) is -0.177. The van der Waals surface area contributed by atoms with Crippen molar-refractivity contribution in [3.63, 3.8) is 0 Å². The smallest absolute Gasteiger partial charge is 0.324 e. The molecule has 0 saturated carbocycles. The molecule has 0 N–H and O–H groups in total. The van der Waals surface area contributed by atoms with E-state index in [1.54, 1.807) is 0 Å². The Hall–Kier alpha value is -0.830. The van der Waals surface area contributed by atoms with Gasteiger partial charge in [0.05, 0.1) is 0 Å². The van der Waals surface area contributed by atoms with Gasteiger partial charge in [0.1, 0.15) is 6.10 Å². The molecule has 1 fully saturated rings. The molecule has 0 aliphatic carbocycles. The predicted octanol–water partition coefficient (Wildman–Crippen LogP) is 2.05. The molecular weight excluding hydrogens is 220 g/mol. The largest absolute Gasteiger partial charge is 0.455 e. The van der Waals surface area contributed by atoms with Crippen molar-refractivity contribution < 1.29 is 9.53 Å². The maximum absolute atomic E-state index is 10.7. The first-order chi connectivity index (χ1) is 5.79. The number of ether oxygens (including phenoxy) is 1. The average Bonchev–Trinajstić information content (AvgIpc) is 2.15. The molecule has 0 bridgehead atoms. The monoisotopic (exact) mass is 226 g/mol. The molecule has 0 amide bonds. The standard InChI is InChI=1S/C9H7BrO2/c10-7-8(12-9(7)11)6-4-2-1-3-5-6/h1-5,7-8H/t7-,8+/m0/s1. The molecule has 1 aromatic rings. The molecule has 62 valence electrons. The van der Waals surface area contributed by atoms with Crippen molar-refractivity contribution in [2.75, 3.05) is 0 Å². The van der Waals surface area contributed by atoms with Gasteiger partial charge in [0.2, 0.25) is 0 Å². The molecule has 1 heterocycles. The molecule has 0 aromatic heterocycles. The number of esters is 1. The number of carbonyl (C=O) groups is 1. The minimum absolute atomic E-state index is 0.0984. The fourth-order valence-corrected chi connectivity index (χ4v) is 1.70. The summed E-state index contributed by atoms with van der Waals surface area (Å²) < 4.78 is 4.95. The van der Waals surface area contributed by atoms with E-state index in [0.717, 1.165) is 5.56 Å². The van der Waals surface area contributed by atoms with Crippen LogP contribution in [0.4, 0.5) is 0 Å². The summed E-state index contributed by atoms with van der Waals surface area (Å²) in [5.41, 5.74) is 1.04. The van der Waals surface area contributed by atoms with Crippen molar-refractivity contribution in [3.05, 3.63) is 35.9 Å². The third kappa shape index (κ3) is 1.14. The third-order valence-corrected chi connectivity index (χ3v) is 2.72. The summed E-state index contributed by atoms with van der Waals surface area (Å²) in [6.45, 7) is 0. The van der Waals surface area contributed by atoms with Crippen molar-refractivity contribution in [3.8, 4) is 0 Å². The Balaban J connectivity index is 2.18. The molecule has 1 aliphatic heterocycles. The van der Waals surface area contributed by atoms with E-state index in [-0.39, 0.29) is 16.9 Å². The highest BCUT2D eigenvalue weighted by Crippen LogP contribution is 2.35. The van der Waals surface area contributed by atoms with Crippen LogP contribution in [0.2, 0.25) is 0 Å². The number of cyclic esters (lactones) is 1. The van der Waals surface area contributed by atoms with Gasteiger partial charge in [0.25, 0.3) is 0 Å². The Morgan fingerprint density at radius 3 is 2.42 bits per heavy atom. The molecule has 1 aromatic carbocycles. The molecule has 0 spiro atoms. The lowest BCUT2D eigenvalue weighted by molar-refractivity contribution is -0.167. The van der Waals surface area contributed by atoms with Crippen molar-refractivity contribution in [2.45, 2.75) is 10.9 Å². The van der Waals surface area contributed by atoms with Gasteiger partial charge in [-0.3, -0.25) is 4.79 Å². The SMILES string of the molecule is O=C1O[C@H](c2ccccc2)[C@@H]1Br. The van der Waals surface area contributed by atoms with Crippen LogP contribution < -0.4 is 0 Å². The van der Waals surface area contributed by atoms with Gasteiger partial charge in [0, 0.05) is 0 Å². The Labute approximate surface area is 78.7 Å². The molecule has 2 nitrogen and oxygen atoms in total. The Kier molecular flexibility index (Phi) is 1.89. The van der Waals surface area contributed by atoms with Gasteiger partial charge in [-0.05, 0) is 5.56 Å². The summed E-state index contributed by atoms with van der Waals surface area (Å²) in [6.07, 6.45) is -0.0984. The van der Waals surface area contributed by atoms with Crippen LogP contribution in [0, 0.1) is 0 Å². The fourth-order valence-electron chi connectivity index (χ4n) is 1.18. The lowest BCUT2D eigenvalue weighted by Gasteiger charge is -2.31. The molecule has 1 saturated heterocycles. The summed E-state index contributed by atoms with van der Waals surface area (Å²) in [4.78, 5) is 10.6. The number of alkyl halides is 1. The molecule has 0 unspecified atom stereocenters. The van der Waals surface area contributed by atoms with Gasteiger partial charge < -0.3 is 4.74 Å². The molecule has 2 atom stereocenters.